The summed E-state index contributed by atoms with van der Waals surface area (Å²) >= 11 is 0. The predicted molar refractivity (Wildman–Crippen MR) is 112 cm³/mol. The number of aromatic nitrogens is 2. The van der Waals surface area contributed by atoms with Gasteiger partial charge in [-0.25, -0.2) is 9.37 Å². The zero-order valence-corrected chi connectivity index (χ0v) is 17.0. The molecule has 0 bridgehead atoms. The smallest absolute Gasteiger partial charge is 0.273 e. The molecule has 1 fully saturated rings. The summed E-state index contributed by atoms with van der Waals surface area (Å²) in [6.45, 7) is 0.563. The first-order valence-corrected chi connectivity index (χ1v) is 10.1. The molecule has 1 unspecified atom stereocenters. The van der Waals surface area contributed by atoms with Crippen molar-refractivity contribution in [2.24, 2.45) is 0 Å². The van der Waals surface area contributed by atoms with Crippen molar-refractivity contribution in [2.45, 2.75) is 25.4 Å². The molecule has 1 aliphatic heterocycles. The third kappa shape index (κ3) is 4.36. The Morgan fingerprint density at radius 1 is 1.19 bits per heavy atom. The zero-order valence-electron chi connectivity index (χ0n) is 17.0. The van der Waals surface area contributed by atoms with Crippen molar-refractivity contribution >= 4 is 11.8 Å². The van der Waals surface area contributed by atoms with Crippen LogP contribution in [0.3, 0.4) is 0 Å². The highest BCUT2D eigenvalue weighted by Gasteiger charge is 2.32. The van der Waals surface area contributed by atoms with Gasteiger partial charge in [0.25, 0.3) is 17.7 Å². The summed E-state index contributed by atoms with van der Waals surface area (Å²) in [5.41, 5.74) is 1.10. The van der Waals surface area contributed by atoms with Crippen molar-refractivity contribution in [1.29, 1.82) is 0 Å². The van der Waals surface area contributed by atoms with Gasteiger partial charge in [0.15, 0.2) is 5.75 Å². The van der Waals surface area contributed by atoms with Crippen LogP contribution in [0.15, 0.2) is 54.9 Å². The number of nitrogens with one attached hydrogen (secondary N) is 1. The Labute approximate surface area is 183 Å². The lowest BCUT2D eigenvalue weighted by Crippen LogP contribution is -2.31. The molecule has 164 valence electrons. The minimum atomic E-state index is -0.806. The second-order valence-corrected chi connectivity index (χ2v) is 7.48. The zero-order chi connectivity index (χ0) is 22.7. The number of rotatable bonds is 5. The van der Waals surface area contributed by atoms with Crippen molar-refractivity contribution in [1.82, 2.24) is 20.2 Å². The number of aromatic hydroxyl groups is 2. The summed E-state index contributed by atoms with van der Waals surface area (Å²) in [4.78, 5) is 35.3. The normalized spacial score (nSPS) is 15.5. The van der Waals surface area contributed by atoms with Crippen molar-refractivity contribution in [3.8, 4) is 11.6 Å². The number of hydrogen-bond donors (Lipinski definition) is 3. The Morgan fingerprint density at radius 2 is 1.97 bits per heavy atom. The third-order valence-electron chi connectivity index (χ3n) is 5.39. The number of benzene rings is 1. The topological polar surface area (TPSA) is 116 Å². The Hall–Kier alpha value is -4.01. The minimum Gasteiger partial charge on any atom is -0.503 e. The maximum atomic E-state index is 13.2. The van der Waals surface area contributed by atoms with Crippen LogP contribution in [0.25, 0.3) is 0 Å². The van der Waals surface area contributed by atoms with Gasteiger partial charge < -0.3 is 20.4 Å². The molecule has 32 heavy (non-hydrogen) atoms. The highest BCUT2D eigenvalue weighted by atomic mass is 19.1. The third-order valence-corrected chi connectivity index (χ3v) is 5.39. The number of amides is 2. The van der Waals surface area contributed by atoms with Crippen molar-refractivity contribution in [3.05, 3.63) is 83.1 Å². The van der Waals surface area contributed by atoms with Gasteiger partial charge in [-0.3, -0.25) is 14.6 Å². The summed E-state index contributed by atoms with van der Waals surface area (Å²) < 4.78 is 13.0. The highest BCUT2D eigenvalue weighted by molar-refractivity contribution is 6.01. The number of likely N-dealkylation sites (tertiary alicyclic amines) is 1. The molecule has 3 aromatic rings. The van der Waals surface area contributed by atoms with E-state index < -0.39 is 29.3 Å². The fourth-order valence-electron chi connectivity index (χ4n) is 3.76. The van der Waals surface area contributed by atoms with Gasteiger partial charge in [0.2, 0.25) is 0 Å². The molecule has 0 aliphatic carbocycles. The van der Waals surface area contributed by atoms with Gasteiger partial charge in [-0.05, 0) is 48.2 Å². The van der Waals surface area contributed by atoms with Crippen LogP contribution < -0.4 is 5.32 Å². The molecule has 9 heteroatoms. The highest BCUT2D eigenvalue weighted by Crippen LogP contribution is 2.34. The molecule has 0 radical (unpaired) electrons. The van der Waals surface area contributed by atoms with Crippen molar-refractivity contribution in [3.63, 3.8) is 0 Å². The molecule has 1 saturated heterocycles. The number of nitrogens with zero attached hydrogens (tertiary/aromatic N) is 3. The van der Waals surface area contributed by atoms with Crippen LogP contribution in [0, 0.1) is 5.82 Å². The first-order valence-electron chi connectivity index (χ1n) is 10.1. The molecule has 4 rings (SSSR count). The second kappa shape index (κ2) is 9.01. The molecule has 0 spiro atoms. The molecule has 1 aliphatic rings. The molecule has 3 N–H and O–H groups in total. The van der Waals surface area contributed by atoms with Crippen LogP contribution in [0.1, 0.15) is 50.9 Å². The van der Waals surface area contributed by atoms with Crippen LogP contribution in [0.2, 0.25) is 0 Å². The van der Waals surface area contributed by atoms with Crippen molar-refractivity contribution < 1.29 is 24.2 Å². The molecule has 1 aromatic carbocycles. The van der Waals surface area contributed by atoms with E-state index in [1.807, 2.05) is 6.07 Å². The molecule has 2 amide bonds. The van der Waals surface area contributed by atoms with E-state index in [2.05, 4.69) is 15.3 Å². The van der Waals surface area contributed by atoms with Crippen LogP contribution in [-0.4, -0.2) is 43.4 Å². The average Bonchev–Trinajstić information content (AvgIpc) is 3.30. The Kier molecular flexibility index (Phi) is 5.98. The summed E-state index contributed by atoms with van der Waals surface area (Å²) in [7, 11) is 0. The molecule has 8 nitrogen and oxygen atoms in total. The van der Waals surface area contributed by atoms with Crippen LogP contribution in [0.5, 0.6) is 11.6 Å². The Balaban J connectivity index is 1.55. The average molecular weight is 436 g/mol. The number of halogens is 1. The van der Waals surface area contributed by atoms with E-state index in [1.165, 1.54) is 24.3 Å². The number of pyridine rings is 2. The van der Waals surface area contributed by atoms with E-state index in [-0.39, 0.29) is 23.8 Å². The number of hydrogen-bond acceptors (Lipinski definition) is 6. The van der Waals surface area contributed by atoms with Gasteiger partial charge in [0.05, 0.1) is 11.6 Å². The summed E-state index contributed by atoms with van der Waals surface area (Å²) in [5.74, 6) is -3.09. The Morgan fingerprint density at radius 3 is 2.69 bits per heavy atom. The van der Waals surface area contributed by atoms with Gasteiger partial charge in [0, 0.05) is 25.5 Å². The summed E-state index contributed by atoms with van der Waals surface area (Å²) in [5, 5.41) is 22.8. The predicted octanol–water partition coefficient (Wildman–Crippen LogP) is 2.93. The maximum absolute atomic E-state index is 13.2. The fraction of sp³-hybridized carbons (Fsp3) is 0.217. The van der Waals surface area contributed by atoms with Gasteiger partial charge in [-0.2, -0.15) is 0 Å². The maximum Gasteiger partial charge on any atom is 0.273 e. The first-order chi connectivity index (χ1) is 15.4. The molecule has 1 atom stereocenters. The first kappa shape index (κ1) is 21.2. The second-order valence-electron chi connectivity index (χ2n) is 7.48. The Bertz CT molecular complexity index is 1140. The van der Waals surface area contributed by atoms with Crippen LogP contribution in [-0.2, 0) is 6.54 Å². The van der Waals surface area contributed by atoms with Crippen molar-refractivity contribution in [2.75, 3.05) is 6.54 Å². The van der Waals surface area contributed by atoms with Gasteiger partial charge in [-0.1, -0.05) is 18.2 Å². The van der Waals surface area contributed by atoms with E-state index in [4.69, 9.17) is 0 Å². The summed E-state index contributed by atoms with van der Waals surface area (Å²) in [6.07, 6.45) is 4.90. The van der Waals surface area contributed by atoms with E-state index in [9.17, 15) is 24.2 Å². The van der Waals surface area contributed by atoms with E-state index in [1.54, 1.807) is 23.4 Å². The largest absolute Gasteiger partial charge is 0.503 e. The summed E-state index contributed by atoms with van der Waals surface area (Å²) in [6, 6.07) is 10.2. The monoisotopic (exact) mass is 436 g/mol. The van der Waals surface area contributed by atoms with Gasteiger partial charge in [0.1, 0.15) is 11.5 Å². The minimum absolute atomic E-state index is 0.0696. The SMILES string of the molecule is O=C(NCc1ccc(F)cc1)c1cc(C(=O)N2CCCC2c2cccnc2)nc(O)c1O. The molecule has 2 aromatic heterocycles. The lowest BCUT2D eigenvalue weighted by atomic mass is 10.1. The molecular weight excluding hydrogens is 415 g/mol. The van der Waals surface area contributed by atoms with Crippen LogP contribution >= 0.6 is 0 Å². The fourth-order valence-corrected chi connectivity index (χ4v) is 3.76. The van der Waals surface area contributed by atoms with E-state index in [0.717, 1.165) is 24.5 Å². The quantitative estimate of drug-likeness (QED) is 0.566. The van der Waals surface area contributed by atoms with Crippen LogP contribution in [0.4, 0.5) is 4.39 Å². The van der Waals surface area contributed by atoms with Gasteiger partial charge >= 0.3 is 0 Å². The lowest BCUT2D eigenvalue weighted by molar-refractivity contribution is 0.0728. The molecule has 0 saturated carbocycles. The number of carbonyl (C=O) groups is 2. The standard InChI is InChI=1S/C23H21FN4O4/c24-16-7-5-14(6-8-16)12-26-21(30)17-11-18(27-22(31)20(17)29)23(32)28-10-2-4-19(28)15-3-1-9-25-13-15/h1,3,5-9,11,13,19,29H,2,4,10,12H2,(H,26,30)(H,27,31). The van der Waals surface area contributed by atoms with E-state index >= 15 is 0 Å². The van der Waals surface area contributed by atoms with Gasteiger partial charge in [-0.15, -0.1) is 0 Å². The lowest BCUT2D eigenvalue weighted by Gasteiger charge is -2.24. The van der Waals surface area contributed by atoms with E-state index in [0.29, 0.717) is 12.1 Å². The number of carbonyl (C=O) groups excluding carboxylic acids is 2. The molecule has 3 heterocycles. The molecular formula is C23H21FN4O4.